The molecule has 2 aromatic rings. The van der Waals surface area contributed by atoms with Gasteiger partial charge in [0.2, 0.25) is 0 Å². The molecule has 1 N–H and O–H groups in total. The van der Waals surface area contributed by atoms with Crippen molar-refractivity contribution in [3.63, 3.8) is 0 Å². The van der Waals surface area contributed by atoms with E-state index in [0.29, 0.717) is 23.7 Å². The maximum Gasteiger partial charge on any atom is 0.321 e. The van der Waals surface area contributed by atoms with Gasteiger partial charge in [-0.3, -0.25) is 0 Å². The number of nitriles is 1. The second-order valence-corrected chi connectivity index (χ2v) is 6.46. The Morgan fingerprint density at radius 2 is 1.80 bits per heavy atom. The fourth-order valence-corrected chi connectivity index (χ4v) is 3.01. The molecule has 0 atom stereocenters. The molecule has 0 bridgehead atoms. The summed E-state index contributed by atoms with van der Waals surface area (Å²) in [6.07, 6.45) is 0. The number of piperazine rings is 1. The van der Waals surface area contributed by atoms with Crippen LogP contribution >= 0.6 is 11.6 Å². The zero-order valence-corrected chi connectivity index (χ0v) is 14.8. The van der Waals surface area contributed by atoms with Gasteiger partial charge < -0.3 is 15.1 Å². The number of hydrogen-bond acceptors (Lipinski definition) is 3. The topological polar surface area (TPSA) is 59.4 Å². The summed E-state index contributed by atoms with van der Waals surface area (Å²) >= 11 is 6.00. The molecule has 25 heavy (non-hydrogen) atoms. The minimum absolute atomic E-state index is 0.107. The molecule has 2 amide bonds. The standard InChI is InChI=1S/C19H19ClN4O/c1-14-2-5-16(20)12-18(14)22-19(25)24-10-8-23(9-11-24)17-6-3-15(13-21)4-7-17/h2-7,12H,8-11H2,1H3,(H,22,25). The van der Waals surface area contributed by atoms with Crippen LogP contribution in [0, 0.1) is 18.3 Å². The lowest BCUT2D eigenvalue weighted by Crippen LogP contribution is -2.50. The zero-order chi connectivity index (χ0) is 17.8. The van der Waals surface area contributed by atoms with Crippen LogP contribution in [0.3, 0.4) is 0 Å². The van der Waals surface area contributed by atoms with Crippen LogP contribution in [0.5, 0.6) is 0 Å². The average molecular weight is 355 g/mol. The minimum Gasteiger partial charge on any atom is -0.368 e. The molecule has 2 aromatic carbocycles. The summed E-state index contributed by atoms with van der Waals surface area (Å²) in [6, 6.07) is 15.0. The van der Waals surface area contributed by atoms with Gasteiger partial charge in [0, 0.05) is 42.6 Å². The lowest BCUT2D eigenvalue weighted by Gasteiger charge is -2.36. The summed E-state index contributed by atoms with van der Waals surface area (Å²) in [5.74, 6) is 0. The maximum absolute atomic E-state index is 12.5. The molecule has 1 aliphatic heterocycles. The Kier molecular flexibility index (Phi) is 5.11. The van der Waals surface area contributed by atoms with Crippen LogP contribution in [0.2, 0.25) is 5.02 Å². The van der Waals surface area contributed by atoms with Crippen molar-refractivity contribution >= 4 is 29.0 Å². The maximum atomic E-state index is 12.5. The molecule has 0 spiro atoms. The highest BCUT2D eigenvalue weighted by Crippen LogP contribution is 2.21. The molecule has 1 fully saturated rings. The normalized spacial score (nSPS) is 14.1. The Hall–Kier alpha value is -2.71. The van der Waals surface area contributed by atoms with Gasteiger partial charge in [0.05, 0.1) is 11.6 Å². The number of urea groups is 1. The van der Waals surface area contributed by atoms with E-state index < -0.39 is 0 Å². The third-order valence-corrected chi connectivity index (χ3v) is 4.60. The number of aryl methyl sites for hydroxylation is 1. The molecule has 0 radical (unpaired) electrons. The van der Waals surface area contributed by atoms with Crippen molar-refractivity contribution in [2.75, 3.05) is 36.4 Å². The number of benzene rings is 2. The van der Waals surface area contributed by atoms with Crippen molar-refractivity contribution in [3.8, 4) is 6.07 Å². The van der Waals surface area contributed by atoms with E-state index in [9.17, 15) is 4.79 Å². The van der Waals surface area contributed by atoms with E-state index in [1.807, 2.05) is 43.3 Å². The molecule has 3 rings (SSSR count). The Morgan fingerprint density at radius 3 is 2.44 bits per heavy atom. The third kappa shape index (κ3) is 4.04. The molecule has 1 aliphatic rings. The van der Waals surface area contributed by atoms with Crippen molar-refractivity contribution < 1.29 is 4.79 Å². The molecule has 0 aromatic heterocycles. The molecule has 0 unspecified atom stereocenters. The first-order chi connectivity index (χ1) is 12.1. The first-order valence-corrected chi connectivity index (χ1v) is 8.52. The van der Waals surface area contributed by atoms with E-state index in [4.69, 9.17) is 16.9 Å². The number of nitrogens with zero attached hydrogens (tertiary/aromatic N) is 3. The van der Waals surface area contributed by atoms with Crippen molar-refractivity contribution in [1.29, 1.82) is 5.26 Å². The van der Waals surface area contributed by atoms with Crippen LogP contribution in [-0.2, 0) is 0 Å². The van der Waals surface area contributed by atoms with Gasteiger partial charge in [-0.2, -0.15) is 5.26 Å². The fraction of sp³-hybridized carbons (Fsp3) is 0.263. The number of rotatable bonds is 2. The minimum atomic E-state index is -0.107. The van der Waals surface area contributed by atoms with Crippen LogP contribution in [0.25, 0.3) is 0 Å². The summed E-state index contributed by atoms with van der Waals surface area (Å²) in [7, 11) is 0. The van der Waals surface area contributed by atoms with Gasteiger partial charge in [0.1, 0.15) is 0 Å². The smallest absolute Gasteiger partial charge is 0.321 e. The van der Waals surface area contributed by atoms with Crippen LogP contribution in [0.1, 0.15) is 11.1 Å². The molecule has 1 heterocycles. The van der Waals surface area contributed by atoms with Crippen molar-refractivity contribution in [3.05, 3.63) is 58.6 Å². The monoisotopic (exact) mass is 354 g/mol. The number of anilines is 2. The van der Waals surface area contributed by atoms with Crippen LogP contribution in [-0.4, -0.2) is 37.1 Å². The SMILES string of the molecule is Cc1ccc(Cl)cc1NC(=O)N1CCN(c2ccc(C#N)cc2)CC1. The molecule has 0 aliphatic carbocycles. The second-order valence-electron chi connectivity index (χ2n) is 6.02. The van der Waals surface area contributed by atoms with Crippen LogP contribution in [0.15, 0.2) is 42.5 Å². The number of carbonyl (C=O) groups is 1. The Bertz CT molecular complexity index is 805. The first kappa shape index (κ1) is 17.1. The van der Waals surface area contributed by atoms with Gasteiger partial charge >= 0.3 is 6.03 Å². The Labute approximate surface area is 152 Å². The van der Waals surface area contributed by atoms with Gasteiger partial charge in [0.15, 0.2) is 0 Å². The number of hydrogen-bond donors (Lipinski definition) is 1. The number of nitrogens with one attached hydrogen (secondary N) is 1. The van der Waals surface area contributed by atoms with E-state index >= 15 is 0 Å². The average Bonchev–Trinajstić information content (AvgIpc) is 2.65. The van der Waals surface area contributed by atoms with E-state index in [1.54, 1.807) is 11.0 Å². The highest BCUT2D eigenvalue weighted by molar-refractivity contribution is 6.31. The van der Waals surface area contributed by atoms with Gasteiger partial charge in [0.25, 0.3) is 0 Å². The van der Waals surface area contributed by atoms with Gasteiger partial charge in [-0.05, 0) is 48.9 Å². The highest BCUT2D eigenvalue weighted by Gasteiger charge is 2.21. The highest BCUT2D eigenvalue weighted by atomic mass is 35.5. The van der Waals surface area contributed by atoms with E-state index in [1.165, 1.54) is 0 Å². The second kappa shape index (κ2) is 7.45. The lowest BCUT2D eigenvalue weighted by molar-refractivity contribution is 0.208. The summed E-state index contributed by atoms with van der Waals surface area (Å²) in [5.41, 5.74) is 3.45. The number of amides is 2. The molecular weight excluding hydrogens is 336 g/mol. The van der Waals surface area contributed by atoms with E-state index in [2.05, 4.69) is 16.3 Å². The van der Waals surface area contributed by atoms with E-state index in [0.717, 1.165) is 30.0 Å². The summed E-state index contributed by atoms with van der Waals surface area (Å²) in [5, 5.41) is 12.4. The molecule has 5 nitrogen and oxygen atoms in total. The summed E-state index contributed by atoms with van der Waals surface area (Å²) < 4.78 is 0. The molecular formula is C19H19ClN4O. The van der Waals surface area contributed by atoms with Crippen LogP contribution < -0.4 is 10.2 Å². The third-order valence-electron chi connectivity index (χ3n) is 4.37. The quantitative estimate of drug-likeness (QED) is 0.890. The number of halogens is 1. The zero-order valence-electron chi connectivity index (χ0n) is 14.0. The van der Waals surface area contributed by atoms with Crippen molar-refractivity contribution in [2.45, 2.75) is 6.92 Å². The molecule has 0 saturated carbocycles. The summed E-state index contributed by atoms with van der Waals surface area (Å²) in [4.78, 5) is 16.5. The van der Waals surface area contributed by atoms with Gasteiger partial charge in [-0.15, -0.1) is 0 Å². The predicted molar refractivity (Wildman–Crippen MR) is 100 cm³/mol. The first-order valence-electron chi connectivity index (χ1n) is 8.14. The largest absolute Gasteiger partial charge is 0.368 e. The predicted octanol–water partition coefficient (Wildman–Crippen LogP) is 3.87. The van der Waals surface area contributed by atoms with Gasteiger partial charge in [-0.1, -0.05) is 17.7 Å². The van der Waals surface area contributed by atoms with Crippen LogP contribution in [0.4, 0.5) is 16.2 Å². The molecule has 6 heteroatoms. The summed E-state index contributed by atoms with van der Waals surface area (Å²) in [6.45, 7) is 4.74. The Balaban J connectivity index is 1.58. The number of carbonyl (C=O) groups excluding carboxylic acids is 1. The lowest BCUT2D eigenvalue weighted by atomic mass is 10.2. The molecule has 128 valence electrons. The van der Waals surface area contributed by atoms with Crippen molar-refractivity contribution in [1.82, 2.24) is 4.90 Å². The van der Waals surface area contributed by atoms with Crippen molar-refractivity contribution in [2.24, 2.45) is 0 Å². The Morgan fingerprint density at radius 1 is 1.12 bits per heavy atom. The van der Waals surface area contributed by atoms with Gasteiger partial charge in [-0.25, -0.2) is 4.79 Å². The molecule has 1 saturated heterocycles. The van der Waals surface area contributed by atoms with E-state index in [-0.39, 0.29) is 6.03 Å². The fourth-order valence-electron chi connectivity index (χ4n) is 2.84.